The van der Waals surface area contributed by atoms with E-state index in [1.807, 2.05) is 13.8 Å². The quantitative estimate of drug-likeness (QED) is 0.586. The van der Waals surface area contributed by atoms with Gasteiger partial charge in [0.25, 0.3) is 0 Å². The number of aliphatic carboxylic acids is 1. The molecule has 0 aromatic rings. The molecule has 1 rings (SSSR count). The summed E-state index contributed by atoms with van der Waals surface area (Å²) in [6.07, 6.45) is 3.45. The molecule has 1 aliphatic carbocycles. The molecule has 5 nitrogen and oxygen atoms in total. The second kappa shape index (κ2) is 6.59. The van der Waals surface area contributed by atoms with E-state index in [0.717, 1.165) is 6.42 Å². The third-order valence-electron chi connectivity index (χ3n) is 3.16. The summed E-state index contributed by atoms with van der Waals surface area (Å²) in [5.41, 5.74) is 0. The van der Waals surface area contributed by atoms with E-state index in [1.54, 1.807) is 0 Å². The van der Waals surface area contributed by atoms with E-state index in [0.29, 0.717) is 19.0 Å². The molecule has 1 fully saturated rings. The van der Waals surface area contributed by atoms with Gasteiger partial charge in [-0.05, 0) is 18.8 Å². The minimum absolute atomic E-state index is 0.0483. The van der Waals surface area contributed by atoms with E-state index in [-0.39, 0.29) is 11.8 Å². The number of carboxylic acid groups (broad SMARTS) is 1. The number of rotatable bonds is 8. The van der Waals surface area contributed by atoms with Crippen LogP contribution in [0.1, 0.15) is 39.5 Å². The molecule has 1 amide bonds. The summed E-state index contributed by atoms with van der Waals surface area (Å²) in [4.78, 5) is 22.6. The SMILES string of the molecule is CC[C@H](C)[C@H](NC(=O)CCNC1CC1)C(=O)O. The molecule has 3 N–H and O–H groups in total. The van der Waals surface area contributed by atoms with E-state index in [2.05, 4.69) is 10.6 Å². The fourth-order valence-corrected chi connectivity index (χ4v) is 1.61. The number of amides is 1. The van der Waals surface area contributed by atoms with Crippen molar-refractivity contribution < 1.29 is 14.7 Å². The number of nitrogens with one attached hydrogen (secondary N) is 2. The van der Waals surface area contributed by atoms with Gasteiger partial charge >= 0.3 is 5.97 Å². The highest BCUT2D eigenvalue weighted by atomic mass is 16.4. The molecule has 0 aliphatic heterocycles. The molecule has 0 unspecified atom stereocenters. The Morgan fingerprint density at radius 2 is 2.06 bits per heavy atom. The van der Waals surface area contributed by atoms with Crippen molar-refractivity contribution in [2.75, 3.05) is 6.54 Å². The Morgan fingerprint density at radius 3 is 2.53 bits per heavy atom. The van der Waals surface area contributed by atoms with Gasteiger partial charge in [-0.1, -0.05) is 20.3 Å². The number of hydrogen-bond donors (Lipinski definition) is 3. The van der Waals surface area contributed by atoms with Gasteiger partial charge in [0.1, 0.15) is 6.04 Å². The molecule has 2 atom stereocenters. The monoisotopic (exact) mass is 242 g/mol. The summed E-state index contributed by atoms with van der Waals surface area (Å²) in [5.74, 6) is -1.19. The average Bonchev–Trinajstić information content (AvgIpc) is 3.08. The summed E-state index contributed by atoms with van der Waals surface area (Å²) in [6, 6.07) is -0.193. The van der Waals surface area contributed by atoms with Crippen LogP contribution in [0.4, 0.5) is 0 Å². The lowest BCUT2D eigenvalue weighted by Crippen LogP contribution is -2.45. The molecule has 0 aromatic carbocycles. The fourth-order valence-electron chi connectivity index (χ4n) is 1.61. The van der Waals surface area contributed by atoms with Gasteiger partial charge in [-0.25, -0.2) is 4.79 Å². The van der Waals surface area contributed by atoms with Crippen LogP contribution in [0, 0.1) is 5.92 Å². The maximum absolute atomic E-state index is 11.6. The highest BCUT2D eigenvalue weighted by molar-refractivity contribution is 5.83. The molecule has 98 valence electrons. The van der Waals surface area contributed by atoms with Gasteiger partial charge in [0.15, 0.2) is 0 Å². The smallest absolute Gasteiger partial charge is 0.326 e. The molecule has 1 saturated carbocycles. The van der Waals surface area contributed by atoms with Crippen molar-refractivity contribution in [1.29, 1.82) is 0 Å². The van der Waals surface area contributed by atoms with Crippen LogP contribution in [0.15, 0.2) is 0 Å². The Bertz CT molecular complexity index is 277. The van der Waals surface area contributed by atoms with Crippen LogP contribution >= 0.6 is 0 Å². The van der Waals surface area contributed by atoms with Crippen LogP contribution in [0.25, 0.3) is 0 Å². The van der Waals surface area contributed by atoms with Crippen LogP contribution in [0.3, 0.4) is 0 Å². The first-order chi connectivity index (χ1) is 8.04. The van der Waals surface area contributed by atoms with E-state index < -0.39 is 12.0 Å². The first-order valence-corrected chi connectivity index (χ1v) is 6.30. The van der Waals surface area contributed by atoms with Crippen molar-refractivity contribution in [3.63, 3.8) is 0 Å². The van der Waals surface area contributed by atoms with E-state index in [9.17, 15) is 9.59 Å². The molecule has 17 heavy (non-hydrogen) atoms. The van der Waals surface area contributed by atoms with Crippen LogP contribution in [0.5, 0.6) is 0 Å². The summed E-state index contributed by atoms with van der Waals surface area (Å²) >= 11 is 0. The number of carboxylic acids is 1. The fraction of sp³-hybridized carbons (Fsp3) is 0.833. The third-order valence-corrected chi connectivity index (χ3v) is 3.16. The van der Waals surface area contributed by atoms with Crippen LogP contribution < -0.4 is 10.6 Å². The summed E-state index contributed by atoms with van der Waals surface area (Å²) in [6.45, 7) is 4.38. The van der Waals surface area contributed by atoms with E-state index in [4.69, 9.17) is 5.11 Å². The molecule has 0 saturated heterocycles. The van der Waals surface area contributed by atoms with E-state index >= 15 is 0 Å². The summed E-state index contributed by atoms with van der Waals surface area (Å²) < 4.78 is 0. The van der Waals surface area contributed by atoms with Gasteiger partial charge in [0.05, 0.1) is 0 Å². The molecule has 0 heterocycles. The average molecular weight is 242 g/mol. The van der Waals surface area contributed by atoms with Gasteiger partial charge in [0.2, 0.25) is 5.91 Å². The highest BCUT2D eigenvalue weighted by Gasteiger charge is 2.25. The van der Waals surface area contributed by atoms with Gasteiger partial charge in [0, 0.05) is 19.0 Å². The van der Waals surface area contributed by atoms with Crippen molar-refractivity contribution in [2.24, 2.45) is 5.92 Å². The lowest BCUT2D eigenvalue weighted by molar-refractivity contribution is -0.143. The first kappa shape index (κ1) is 14.0. The van der Waals surface area contributed by atoms with Crippen molar-refractivity contribution in [1.82, 2.24) is 10.6 Å². The summed E-state index contributed by atoms with van der Waals surface area (Å²) in [7, 11) is 0. The lowest BCUT2D eigenvalue weighted by Gasteiger charge is -2.20. The minimum Gasteiger partial charge on any atom is -0.480 e. The predicted molar refractivity (Wildman–Crippen MR) is 64.7 cm³/mol. The number of carbonyl (C=O) groups excluding carboxylic acids is 1. The largest absolute Gasteiger partial charge is 0.480 e. The van der Waals surface area contributed by atoms with Crippen LogP contribution in [-0.4, -0.2) is 35.6 Å². The lowest BCUT2D eigenvalue weighted by atomic mass is 9.99. The maximum Gasteiger partial charge on any atom is 0.326 e. The zero-order valence-corrected chi connectivity index (χ0v) is 10.5. The zero-order chi connectivity index (χ0) is 12.8. The van der Waals surface area contributed by atoms with Crippen LogP contribution in [0.2, 0.25) is 0 Å². The highest BCUT2D eigenvalue weighted by Crippen LogP contribution is 2.18. The molecule has 1 aliphatic rings. The number of carbonyl (C=O) groups is 2. The topological polar surface area (TPSA) is 78.4 Å². The van der Waals surface area contributed by atoms with Gasteiger partial charge in [-0.3, -0.25) is 4.79 Å². The molecular weight excluding hydrogens is 220 g/mol. The van der Waals surface area contributed by atoms with Crippen molar-refractivity contribution in [2.45, 2.75) is 51.6 Å². The van der Waals surface area contributed by atoms with Gasteiger partial charge in [-0.15, -0.1) is 0 Å². The Kier molecular flexibility index (Phi) is 5.41. The standard InChI is InChI=1S/C12H22N2O3/c1-3-8(2)11(12(16)17)14-10(15)6-7-13-9-4-5-9/h8-9,11,13H,3-7H2,1-2H3,(H,14,15)(H,16,17)/t8-,11-/m0/s1. The zero-order valence-electron chi connectivity index (χ0n) is 10.5. The Hall–Kier alpha value is -1.10. The Balaban J connectivity index is 2.26. The van der Waals surface area contributed by atoms with Gasteiger partial charge in [-0.2, -0.15) is 0 Å². The van der Waals surface area contributed by atoms with Crippen molar-refractivity contribution in [3.8, 4) is 0 Å². The normalized spacial score (nSPS) is 18.5. The molecule has 0 aromatic heterocycles. The van der Waals surface area contributed by atoms with Crippen molar-refractivity contribution in [3.05, 3.63) is 0 Å². The minimum atomic E-state index is -0.956. The predicted octanol–water partition coefficient (Wildman–Crippen LogP) is 0.744. The maximum atomic E-state index is 11.6. The summed E-state index contributed by atoms with van der Waals surface area (Å²) in [5, 5.41) is 14.8. The molecule has 0 spiro atoms. The van der Waals surface area contributed by atoms with E-state index in [1.165, 1.54) is 12.8 Å². The molecular formula is C12H22N2O3. The molecule has 0 bridgehead atoms. The van der Waals surface area contributed by atoms with Gasteiger partial charge < -0.3 is 15.7 Å². The molecule has 5 heteroatoms. The number of hydrogen-bond acceptors (Lipinski definition) is 3. The second-order valence-electron chi connectivity index (χ2n) is 4.75. The second-order valence-corrected chi connectivity index (χ2v) is 4.75. The first-order valence-electron chi connectivity index (χ1n) is 6.30. The van der Waals surface area contributed by atoms with Crippen molar-refractivity contribution >= 4 is 11.9 Å². The molecule has 0 radical (unpaired) electrons. The third kappa shape index (κ3) is 5.17. The van der Waals surface area contributed by atoms with Crippen LogP contribution in [-0.2, 0) is 9.59 Å². The Morgan fingerprint density at radius 1 is 1.41 bits per heavy atom. The Labute approximate surface area is 102 Å².